The number of halogens is 1. The largest absolute Gasteiger partial charge is 0.491 e. The number of hydrogen-bond acceptors (Lipinski definition) is 5. The zero-order valence-corrected chi connectivity index (χ0v) is 14.3. The van der Waals surface area contributed by atoms with Crippen molar-refractivity contribution < 1.29 is 19.2 Å². The normalized spacial score (nSPS) is 11.8. The van der Waals surface area contributed by atoms with E-state index in [9.17, 15) is 9.90 Å². The first-order valence-corrected chi connectivity index (χ1v) is 7.82. The first-order chi connectivity index (χ1) is 11.4. The van der Waals surface area contributed by atoms with E-state index in [0.717, 1.165) is 11.3 Å². The number of aryl methyl sites for hydroxylation is 2. The molecule has 8 heteroatoms. The van der Waals surface area contributed by atoms with Crippen molar-refractivity contribution in [3.05, 3.63) is 46.3 Å². The van der Waals surface area contributed by atoms with E-state index in [2.05, 4.69) is 15.8 Å². The van der Waals surface area contributed by atoms with Crippen LogP contribution in [0.2, 0.25) is 5.02 Å². The van der Waals surface area contributed by atoms with Gasteiger partial charge in [-0.1, -0.05) is 16.8 Å². The highest BCUT2D eigenvalue weighted by Crippen LogP contribution is 2.21. The molecule has 0 spiro atoms. The van der Waals surface area contributed by atoms with E-state index >= 15 is 0 Å². The number of urea groups is 1. The lowest BCUT2D eigenvalue weighted by molar-refractivity contribution is 0.107. The molecule has 0 radical (unpaired) electrons. The number of ether oxygens (including phenoxy) is 1. The average molecular weight is 354 g/mol. The van der Waals surface area contributed by atoms with Gasteiger partial charge < -0.3 is 25.0 Å². The van der Waals surface area contributed by atoms with Crippen molar-refractivity contribution in [2.24, 2.45) is 0 Å². The molecule has 7 nitrogen and oxygen atoms in total. The van der Waals surface area contributed by atoms with Gasteiger partial charge in [0.1, 0.15) is 18.5 Å². The summed E-state index contributed by atoms with van der Waals surface area (Å²) >= 11 is 5.93. The second kappa shape index (κ2) is 8.56. The molecular formula is C16H20ClN3O4. The summed E-state index contributed by atoms with van der Waals surface area (Å²) in [6, 6.07) is 6.56. The number of rotatable bonds is 7. The summed E-state index contributed by atoms with van der Waals surface area (Å²) < 4.78 is 10.4. The van der Waals surface area contributed by atoms with Crippen molar-refractivity contribution in [3.8, 4) is 5.75 Å². The monoisotopic (exact) mass is 353 g/mol. The van der Waals surface area contributed by atoms with Gasteiger partial charge in [-0.2, -0.15) is 0 Å². The predicted molar refractivity (Wildman–Crippen MR) is 89.2 cm³/mol. The molecule has 0 aliphatic rings. The Morgan fingerprint density at radius 3 is 2.83 bits per heavy atom. The van der Waals surface area contributed by atoms with Crippen molar-refractivity contribution in [1.29, 1.82) is 0 Å². The summed E-state index contributed by atoms with van der Waals surface area (Å²) in [5, 5.41) is 19.4. The highest BCUT2D eigenvalue weighted by atomic mass is 35.5. The highest BCUT2D eigenvalue weighted by molar-refractivity contribution is 6.31. The molecule has 0 fully saturated rings. The van der Waals surface area contributed by atoms with Crippen LogP contribution in [0.5, 0.6) is 5.75 Å². The van der Waals surface area contributed by atoms with Gasteiger partial charge in [-0.15, -0.1) is 0 Å². The number of carbonyl (C=O) groups excluding carboxylic acids is 1. The minimum Gasteiger partial charge on any atom is -0.491 e. The Balaban J connectivity index is 1.65. The zero-order valence-electron chi connectivity index (χ0n) is 13.5. The number of nitrogens with one attached hydrogen (secondary N) is 2. The fourth-order valence-electron chi connectivity index (χ4n) is 1.90. The molecule has 24 heavy (non-hydrogen) atoms. The van der Waals surface area contributed by atoms with Gasteiger partial charge in [0.25, 0.3) is 0 Å². The van der Waals surface area contributed by atoms with Crippen molar-refractivity contribution in [2.75, 3.05) is 13.2 Å². The summed E-state index contributed by atoms with van der Waals surface area (Å²) in [4.78, 5) is 11.6. The SMILES string of the molecule is Cc1cc(CNC(=O)NC[C@@H](O)COc2ccc(Cl)c(C)c2)on1. The van der Waals surface area contributed by atoms with Crippen LogP contribution < -0.4 is 15.4 Å². The maximum atomic E-state index is 11.6. The standard InChI is InChI=1S/C16H20ClN3O4/c1-10-5-13(3-4-15(10)17)23-9-12(21)7-18-16(22)19-8-14-6-11(2)20-24-14/h3-6,12,21H,7-9H2,1-2H3,(H2,18,19,22)/t12-/m1/s1. The van der Waals surface area contributed by atoms with Crippen LogP contribution in [0.1, 0.15) is 17.0 Å². The van der Waals surface area contributed by atoms with Crippen molar-refractivity contribution in [3.63, 3.8) is 0 Å². The van der Waals surface area contributed by atoms with Gasteiger partial charge in [0, 0.05) is 17.6 Å². The third kappa shape index (κ3) is 5.75. The maximum absolute atomic E-state index is 11.6. The van der Waals surface area contributed by atoms with Gasteiger partial charge >= 0.3 is 6.03 Å². The number of benzene rings is 1. The Hall–Kier alpha value is -2.25. The van der Waals surface area contributed by atoms with Crippen LogP contribution in [0.4, 0.5) is 4.79 Å². The predicted octanol–water partition coefficient (Wildman–Crippen LogP) is 2.18. The molecule has 1 atom stereocenters. The fraction of sp³-hybridized carbons (Fsp3) is 0.375. The molecule has 2 rings (SSSR count). The van der Waals surface area contributed by atoms with Crippen LogP contribution in [0, 0.1) is 13.8 Å². The van der Waals surface area contributed by atoms with E-state index in [-0.39, 0.29) is 19.7 Å². The molecule has 0 aliphatic carbocycles. The van der Waals surface area contributed by atoms with Gasteiger partial charge in [0.05, 0.1) is 12.2 Å². The van der Waals surface area contributed by atoms with E-state index in [4.69, 9.17) is 20.9 Å². The molecule has 3 N–H and O–H groups in total. The van der Waals surface area contributed by atoms with Crippen molar-refractivity contribution in [2.45, 2.75) is 26.5 Å². The van der Waals surface area contributed by atoms with Crippen LogP contribution >= 0.6 is 11.6 Å². The van der Waals surface area contributed by atoms with E-state index < -0.39 is 12.1 Å². The fourth-order valence-corrected chi connectivity index (χ4v) is 2.02. The number of aliphatic hydroxyl groups excluding tert-OH is 1. The van der Waals surface area contributed by atoms with Gasteiger partial charge in [-0.25, -0.2) is 4.79 Å². The van der Waals surface area contributed by atoms with Crippen LogP contribution in [0.25, 0.3) is 0 Å². The highest BCUT2D eigenvalue weighted by Gasteiger charge is 2.09. The molecule has 0 saturated carbocycles. The van der Waals surface area contributed by atoms with Gasteiger partial charge in [0.2, 0.25) is 0 Å². The van der Waals surface area contributed by atoms with Gasteiger partial charge in [-0.3, -0.25) is 0 Å². The van der Waals surface area contributed by atoms with Gasteiger partial charge in [0.15, 0.2) is 5.76 Å². The Bertz CT molecular complexity index is 690. The summed E-state index contributed by atoms with van der Waals surface area (Å²) in [6.45, 7) is 4.01. The summed E-state index contributed by atoms with van der Waals surface area (Å²) in [6.07, 6.45) is -0.834. The minimum absolute atomic E-state index is 0.0582. The first kappa shape index (κ1) is 18.1. The zero-order chi connectivity index (χ0) is 17.5. The molecule has 2 amide bonds. The number of carbonyl (C=O) groups is 1. The van der Waals surface area contributed by atoms with Crippen molar-refractivity contribution >= 4 is 17.6 Å². The lowest BCUT2D eigenvalue weighted by Crippen LogP contribution is -2.41. The summed E-state index contributed by atoms with van der Waals surface area (Å²) in [7, 11) is 0. The molecule has 1 aromatic carbocycles. The van der Waals surface area contributed by atoms with Crippen LogP contribution in [0.15, 0.2) is 28.8 Å². The molecule has 0 unspecified atom stereocenters. The lowest BCUT2D eigenvalue weighted by atomic mass is 10.2. The number of hydrogen-bond donors (Lipinski definition) is 3. The first-order valence-electron chi connectivity index (χ1n) is 7.45. The second-order valence-corrected chi connectivity index (χ2v) is 5.78. The number of aromatic nitrogens is 1. The van der Waals surface area contributed by atoms with Crippen LogP contribution in [-0.2, 0) is 6.54 Å². The Morgan fingerprint density at radius 2 is 2.17 bits per heavy atom. The molecule has 1 heterocycles. The van der Waals surface area contributed by atoms with Crippen LogP contribution in [-0.4, -0.2) is 35.5 Å². The quantitative estimate of drug-likeness (QED) is 0.709. The number of aliphatic hydroxyl groups is 1. The molecule has 0 bridgehead atoms. The smallest absolute Gasteiger partial charge is 0.315 e. The van der Waals surface area contributed by atoms with Crippen LogP contribution in [0.3, 0.4) is 0 Å². The molecule has 1 aromatic heterocycles. The topological polar surface area (TPSA) is 96.6 Å². The van der Waals surface area contributed by atoms with E-state index in [1.807, 2.05) is 6.92 Å². The molecule has 2 aromatic rings. The Morgan fingerprint density at radius 1 is 1.38 bits per heavy atom. The summed E-state index contributed by atoms with van der Waals surface area (Å²) in [5.74, 6) is 1.17. The number of nitrogens with zero attached hydrogens (tertiary/aromatic N) is 1. The minimum atomic E-state index is -0.834. The van der Waals surface area contributed by atoms with Gasteiger partial charge in [-0.05, 0) is 37.6 Å². The third-order valence-electron chi connectivity index (χ3n) is 3.17. The molecule has 0 aliphatic heterocycles. The van der Waals surface area contributed by atoms with Crippen molar-refractivity contribution in [1.82, 2.24) is 15.8 Å². The van der Waals surface area contributed by atoms with E-state index in [0.29, 0.717) is 16.5 Å². The number of amides is 2. The molecule has 0 saturated heterocycles. The lowest BCUT2D eigenvalue weighted by Gasteiger charge is -2.14. The molecular weight excluding hydrogens is 334 g/mol. The Labute approximate surface area is 144 Å². The Kier molecular flexibility index (Phi) is 6.45. The summed E-state index contributed by atoms with van der Waals surface area (Å²) in [5.41, 5.74) is 1.64. The van der Waals surface area contributed by atoms with E-state index in [1.165, 1.54) is 0 Å². The average Bonchev–Trinajstić information content (AvgIpc) is 2.97. The molecule has 130 valence electrons. The second-order valence-electron chi connectivity index (χ2n) is 5.37. The maximum Gasteiger partial charge on any atom is 0.315 e. The van der Waals surface area contributed by atoms with E-state index in [1.54, 1.807) is 31.2 Å². The third-order valence-corrected chi connectivity index (χ3v) is 3.59.